The molecule has 2 aromatic carbocycles. The van der Waals surface area contributed by atoms with Crippen molar-refractivity contribution in [2.24, 2.45) is 0 Å². The average Bonchev–Trinajstić information content (AvgIpc) is 3.07. The molecule has 4 rings (SSSR count). The van der Waals surface area contributed by atoms with E-state index in [-0.39, 0.29) is 32.5 Å². The fraction of sp³-hybridized carbons (Fsp3) is 0.562. The van der Waals surface area contributed by atoms with E-state index in [1.165, 1.54) is 14.2 Å². The summed E-state index contributed by atoms with van der Waals surface area (Å²) in [5.74, 6) is -0.923. The molecule has 6 atom stereocenters. The van der Waals surface area contributed by atoms with Gasteiger partial charge in [0.1, 0.15) is 37.6 Å². The molecule has 0 aliphatic carbocycles. The Balaban J connectivity index is 0.000000266. The summed E-state index contributed by atoms with van der Waals surface area (Å²) in [6.07, 6.45) is -1.56. The van der Waals surface area contributed by atoms with Crippen LogP contribution in [0.4, 0.5) is 0 Å². The number of carbonyl (C=O) groups is 2. The van der Waals surface area contributed by atoms with Gasteiger partial charge in [-0.15, -0.1) is 0 Å². The van der Waals surface area contributed by atoms with E-state index in [9.17, 15) is 14.7 Å². The number of ether oxygens (including phenoxy) is 8. The number of methoxy groups -OCH3 is 2. The Kier molecular flexibility index (Phi) is 16.3. The predicted octanol–water partition coefficient (Wildman–Crippen LogP) is 1.82. The molecule has 0 amide bonds. The fourth-order valence-electron chi connectivity index (χ4n) is 4.68. The summed E-state index contributed by atoms with van der Waals surface area (Å²) in [6.45, 7) is 1.37. The van der Waals surface area contributed by atoms with E-state index in [4.69, 9.17) is 33.5 Å². The second-order valence-corrected chi connectivity index (χ2v) is 10.2. The smallest absolute Gasteiger partial charge is 0.331 e. The molecule has 2 N–H and O–H groups in total. The van der Waals surface area contributed by atoms with Crippen molar-refractivity contribution in [3.05, 3.63) is 71.8 Å². The lowest BCUT2D eigenvalue weighted by Crippen LogP contribution is -2.50. The first-order valence-electron chi connectivity index (χ1n) is 14.6. The van der Waals surface area contributed by atoms with Gasteiger partial charge in [0.05, 0.1) is 52.9 Å². The highest BCUT2D eigenvalue weighted by atomic mass is 16.6. The number of hydrogen-bond donors (Lipinski definition) is 2. The maximum Gasteiger partial charge on any atom is 0.331 e. The van der Waals surface area contributed by atoms with Gasteiger partial charge in [0.15, 0.2) is 0 Å². The van der Waals surface area contributed by atoms with E-state index in [1.807, 2.05) is 60.7 Å². The Bertz CT molecular complexity index is 1070. The van der Waals surface area contributed by atoms with Gasteiger partial charge in [0.25, 0.3) is 0 Å². The van der Waals surface area contributed by atoms with Gasteiger partial charge in [-0.1, -0.05) is 60.7 Å². The van der Waals surface area contributed by atoms with Crippen molar-refractivity contribution in [3.63, 3.8) is 0 Å². The predicted molar refractivity (Wildman–Crippen MR) is 156 cm³/mol. The summed E-state index contributed by atoms with van der Waals surface area (Å²) < 4.78 is 43.1. The van der Waals surface area contributed by atoms with Gasteiger partial charge in [-0.05, 0) is 24.0 Å². The van der Waals surface area contributed by atoms with Crippen molar-refractivity contribution in [1.82, 2.24) is 0 Å². The zero-order valence-electron chi connectivity index (χ0n) is 25.3. The van der Waals surface area contributed by atoms with Crippen LogP contribution in [0, 0.1) is 0 Å². The molecule has 0 bridgehead atoms. The number of benzene rings is 2. The van der Waals surface area contributed by atoms with Gasteiger partial charge < -0.3 is 48.1 Å². The monoisotopic (exact) mass is 620 g/mol. The van der Waals surface area contributed by atoms with E-state index in [0.29, 0.717) is 39.3 Å². The van der Waals surface area contributed by atoms with Crippen LogP contribution in [-0.2, 0) is 60.7 Å². The zero-order valence-corrected chi connectivity index (χ0v) is 25.3. The highest BCUT2D eigenvalue weighted by molar-refractivity contribution is 5.70. The minimum absolute atomic E-state index is 0.128. The molecule has 2 heterocycles. The normalized spacial score (nSPS) is 24.9. The van der Waals surface area contributed by atoms with Crippen molar-refractivity contribution in [2.45, 2.75) is 62.7 Å². The number of carbonyl (C=O) groups excluding carboxylic acids is 2. The van der Waals surface area contributed by atoms with Crippen molar-refractivity contribution in [3.8, 4) is 0 Å². The van der Waals surface area contributed by atoms with Gasteiger partial charge in [-0.2, -0.15) is 0 Å². The number of aliphatic hydroxyl groups excluding tert-OH is 2. The SMILES string of the molecule is COC(=O)COC[C@H]1OCC[C@@H](OCC(=O)OC)[C@@H]1OCc1ccccc1.OC[C@H]1OCC[C@@H](O)[C@@H]1OCc1ccccc1. The maximum atomic E-state index is 11.4. The quantitative estimate of drug-likeness (QED) is 0.297. The number of aliphatic hydroxyl groups is 2. The molecule has 44 heavy (non-hydrogen) atoms. The maximum absolute atomic E-state index is 11.4. The Morgan fingerprint density at radius 3 is 1.89 bits per heavy atom. The third kappa shape index (κ3) is 12.2. The Morgan fingerprint density at radius 2 is 1.30 bits per heavy atom. The van der Waals surface area contributed by atoms with Crippen LogP contribution < -0.4 is 0 Å². The fourth-order valence-corrected chi connectivity index (χ4v) is 4.68. The van der Waals surface area contributed by atoms with Crippen LogP contribution in [0.3, 0.4) is 0 Å². The third-order valence-corrected chi connectivity index (χ3v) is 7.08. The summed E-state index contributed by atoms with van der Waals surface area (Å²) in [5.41, 5.74) is 2.05. The Morgan fingerprint density at radius 1 is 0.750 bits per heavy atom. The van der Waals surface area contributed by atoms with Gasteiger partial charge in [0.2, 0.25) is 0 Å². The first kappa shape index (κ1) is 35.5. The highest BCUT2D eigenvalue weighted by Crippen LogP contribution is 2.23. The van der Waals surface area contributed by atoms with Gasteiger partial charge in [-0.25, -0.2) is 9.59 Å². The summed E-state index contributed by atoms with van der Waals surface area (Å²) in [4.78, 5) is 22.6. The Labute approximate surface area is 258 Å². The summed E-state index contributed by atoms with van der Waals surface area (Å²) >= 11 is 0. The molecule has 12 heteroatoms. The molecule has 0 saturated carbocycles. The van der Waals surface area contributed by atoms with Crippen LogP contribution in [0.2, 0.25) is 0 Å². The van der Waals surface area contributed by atoms with E-state index in [0.717, 1.165) is 11.1 Å². The standard InChI is InChI=1S/C19H26O8.C13H18O4/c1-22-17(20)12-24-11-16-19(27-10-14-6-4-3-5-7-14)15(8-9-25-16)26-13-18(21)23-2;14-8-12-13(11(15)6-7-16-12)17-9-10-4-2-1-3-5-10/h3-7,15-16,19H,8-13H2,1-2H3;1-5,11-15H,6-9H2/t15-,16-,19+;11-,12-,13+/m11/s1. The highest BCUT2D eigenvalue weighted by Gasteiger charge is 2.37. The molecule has 2 aromatic rings. The van der Waals surface area contributed by atoms with E-state index in [2.05, 4.69) is 9.47 Å². The molecule has 244 valence electrons. The number of rotatable bonds is 14. The van der Waals surface area contributed by atoms with E-state index >= 15 is 0 Å². The largest absolute Gasteiger partial charge is 0.467 e. The molecule has 2 aliphatic heterocycles. The number of esters is 2. The summed E-state index contributed by atoms with van der Waals surface area (Å²) in [5, 5.41) is 19.0. The molecule has 0 unspecified atom stereocenters. The summed E-state index contributed by atoms with van der Waals surface area (Å²) in [7, 11) is 2.60. The van der Waals surface area contributed by atoms with Crippen molar-refractivity contribution in [1.29, 1.82) is 0 Å². The second kappa shape index (κ2) is 20.2. The minimum Gasteiger partial charge on any atom is -0.467 e. The second-order valence-electron chi connectivity index (χ2n) is 10.2. The molecule has 2 aliphatic rings. The Hall–Kier alpha value is -2.94. The van der Waals surface area contributed by atoms with Crippen molar-refractivity contribution in [2.75, 3.05) is 53.9 Å². The molecular weight excluding hydrogens is 576 g/mol. The number of hydrogen-bond acceptors (Lipinski definition) is 12. The molecule has 0 spiro atoms. The minimum atomic E-state index is -0.565. The molecule has 0 radical (unpaired) electrons. The van der Waals surface area contributed by atoms with Crippen LogP contribution in [0.25, 0.3) is 0 Å². The zero-order chi connectivity index (χ0) is 31.6. The first-order chi connectivity index (χ1) is 21.4. The molecule has 12 nitrogen and oxygen atoms in total. The summed E-state index contributed by atoms with van der Waals surface area (Å²) in [6, 6.07) is 19.4. The molecule has 0 aromatic heterocycles. The lowest BCUT2D eigenvalue weighted by Gasteiger charge is -2.37. The van der Waals surface area contributed by atoms with E-state index < -0.39 is 42.5 Å². The third-order valence-electron chi connectivity index (χ3n) is 7.08. The average molecular weight is 621 g/mol. The topological polar surface area (TPSA) is 148 Å². The van der Waals surface area contributed by atoms with Gasteiger partial charge >= 0.3 is 11.9 Å². The first-order valence-corrected chi connectivity index (χ1v) is 14.6. The molecule has 2 fully saturated rings. The van der Waals surface area contributed by atoms with Crippen LogP contribution in [-0.4, -0.2) is 113 Å². The van der Waals surface area contributed by atoms with Crippen molar-refractivity contribution < 1.29 is 57.7 Å². The van der Waals surface area contributed by atoms with Crippen molar-refractivity contribution >= 4 is 11.9 Å². The van der Waals surface area contributed by atoms with Gasteiger partial charge in [-0.3, -0.25) is 0 Å². The van der Waals surface area contributed by atoms with Gasteiger partial charge in [0, 0.05) is 13.2 Å². The van der Waals surface area contributed by atoms with Crippen LogP contribution in [0.1, 0.15) is 24.0 Å². The lowest BCUT2D eigenvalue weighted by atomic mass is 10.0. The molecular formula is C32H44O12. The lowest BCUT2D eigenvalue weighted by molar-refractivity contribution is -0.199. The van der Waals surface area contributed by atoms with Crippen LogP contribution >= 0.6 is 0 Å². The van der Waals surface area contributed by atoms with Crippen LogP contribution in [0.5, 0.6) is 0 Å². The van der Waals surface area contributed by atoms with Crippen LogP contribution in [0.15, 0.2) is 60.7 Å². The molecule has 2 saturated heterocycles. The van der Waals surface area contributed by atoms with E-state index in [1.54, 1.807) is 0 Å².